The Morgan fingerprint density at radius 2 is 2.11 bits per heavy atom. The van der Waals surface area contributed by atoms with Crippen LogP contribution in [0.3, 0.4) is 0 Å². The first-order chi connectivity index (χ1) is 7.99. The molecular formula is C12H24ClN3O2. The molecule has 1 aliphatic rings. The van der Waals surface area contributed by atoms with Gasteiger partial charge in [-0.15, -0.1) is 12.4 Å². The molecule has 0 spiro atoms. The lowest BCUT2D eigenvalue weighted by atomic mass is 9.81. The third-order valence-electron chi connectivity index (χ3n) is 3.41. The van der Waals surface area contributed by atoms with Crippen molar-refractivity contribution in [2.45, 2.75) is 26.2 Å². The van der Waals surface area contributed by atoms with Gasteiger partial charge in [0, 0.05) is 33.6 Å². The number of rotatable bonds is 4. The van der Waals surface area contributed by atoms with Crippen LogP contribution in [-0.2, 0) is 9.59 Å². The lowest BCUT2D eigenvalue weighted by Gasteiger charge is -2.36. The molecule has 6 heteroatoms. The summed E-state index contributed by atoms with van der Waals surface area (Å²) in [5.74, 6) is 0.102. The van der Waals surface area contributed by atoms with E-state index in [-0.39, 0.29) is 29.6 Å². The van der Waals surface area contributed by atoms with Crippen LogP contribution in [0.25, 0.3) is 0 Å². The summed E-state index contributed by atoms with van der Waals surface area (Å²) in [5, 5.41) is 5.82. The van der Waals surface area contributed by atoms with Gasteiger partial charge in [-0.3, -0.25) is 9.59 Å². The molecule has 1 atom stereocenters. The molecule has 1 unspecified atom stereocenters. The second-order valence-electron chi connectivity index (χ2n) is 4.99. The Bertz CT molecular complexity index is 291. The largest absolute Gasteiger partial charge is 0.359 e. The van der Waals surface area contributed by atoms with Gasteiger partial charge in [-0.2, -0.15) is 0 Å². The molecule has 18 heavy (non-hydrogen) atoms. The van der Waals surface area contributed by atoms with Crippen molar-refractivity contribution in [3.05, 3.63) is 0 Å². The van der Waals surface area contributed by atoms with Crippen molar-refractivity contribution in [2.75, 3.05) is 33.7 Å². The fourth-order valence-corrected chi connectivity index (χ4v) is 2.20. The van der Waals surface area contributed by atoms with Gasteiger partial charge in [-0.1, -0.05) is 0 Å². The van der Waals surface area contributed by atoms with Gasteiger partial charge in [-0.05, 0) is 26.3 Å². The van der Waals surface area contributed by atoms with Gasteiger partial charge in [0.25, 0.3) is 0 Å². The minimum atomic E-state index is -0.310. The van der Waals surface area contributed by atoms with Crippen molar-refractivity contribution < 1.29 is 9.59 Å². The van der Waals surface area contributed by atoms with Gasteiger partial charge in [0.2, 0.25) is 11.8 Å². The lowest BCUT2D eigenvalue weighted by molar-refractivity contribution is -0.141. The Balaban J connectivity index is 0.00000289. The molecule has 1 saturated heterocycles. The Labute approximate surface area is 115 Å². The third-order valence-corrected chi connectivity index (χ3v) is 3.41. The molecule has 0 aromatic heterocycles. The van der Waals surface area contributed by atoms with Crippen molar-refractivity contribution in [1.29, 1.82) is 0 Å². The van der Waals surface area contributed by atoms with E-state index in [9.17, 15) is 9.59 Å². The Morgan fingerprint density at radius 1 is 1.44 bits per heavy atom. The first-order valence-electron chi connectivity index (χ1n) is 6.16. The highest BCUT2D eigenvalue weighted by atomic mass is 35.5. The number of piperidine rings is 1. The highest BCUT2D eigenvalue weighted by Gasteiger charge is 2.36. The van der Waals surface area contributed by atoms with Gasteiger partial charge in [0.1, 0.15) is 0 Å². The molecule has 1 aliphatic heterocycles. The number of nitrogens with zero attached hydrogens (tertiary/aromatic N) is 1. The molecule has 5 nitrogen and oxygen atoms in total. The monoisotopic (exact) mass is 277 g/mol. The van der Waals surface area contributed by atoms with Crippen LogP contribution in [-0.4, -0.2) is 50.4 Å². The Kier molecular flexibility index (Phi) is 7.25. The van der Waals surface area contributed by atoms with Crippen LogP contribution in [0.15, 0.2) is 0 Å². The van der Waals surface area contributed by atoms with Crippen molar-refractivity contribution in [1.82, 2.24) is 15.5 Å². The fraction of sp³-hybridized carbons (Fsp3) is 0.833. The van der Waals surface area contributed by atoms with Gasteiger partial charge in [0.15, 0.2) is 0 Å². The van der Waals surface area contributed by atoms with Crippen LogP contribution < -0.4 is 10.6 Å². The predicted octanol–water partition coefficient (Wildman–Crippen LogP) is 0.392. The number of carbonyl (C=O) groups excluding carboxylic acids is 2. The summed E-state index contributed by atoms with van der Waals surface area (Å²) in [6, 6.07) is 0. The summed E-state index contributed by atoms with van der Waals surface area (Å²) in [5.41, 5.74) is -0.310. The molecule has 1 rings (SSSR count). The first kappa shape index (κ1) is 17.2. The van der Waals surface area contributed by atoms with Crippen LogP contribution >= 0.6 is 12.4 Å². The number of carbonyl (C=O) groups is 2. The Morgan fingerprint density at radius 3 is 2.61 bits per heavy atom. The van der Waals surface area contributed by atoms with Crippen molar-refractivity contribution in [2.24, 2.45) is 5.41 Å². The maximum atomic E-state index is 12.3. The summed E-state index contributed by atoms with van der Waals surface area (Å²) in [4.78, 5) is 25.1. The molecule has 2 N–H and O–H groups in total. The quantitative estimate of drug-likeness (QED) is 0.782. The zero-order valence-corrected chi connectivity index (χ0v) is 12.2. The average Bonchev–Trinajstić information content (AvgIpc) is 2.35. The molecule has 0 radical (unpaired) electrons. The molecule has 106 valence electrons. The molecule has 0 aromatic rings. The van der Waals surface area contributed by atoms with E-state index in [4.69, 9.17) is 0 Å². The molecule has 0 aliphatic carbocycles. The topological polar surface area (TPSA) is 61.4 Å². The zero-order valence-electron chi connectivity index (χ0n) is 11.4. The highest BCUT2D eigenvalue weighted by Crippen LogP contribution is 2.27. The molecule has 1 fully saturated rings. The zero-order chi connectivity index (χ0) is 12.9. The van der Waals surface area contributed by atoms with Crippen LogP contribution in [0.5, 0.6) is 0 Å². The van der Waals surface area contributed by atoms with Gasteiger partial charge in [0.05, 0.1) is 5.41 Å². The molecule has 0 bridgehead atoms. The summed E-state index contributed by atoms with van der Waals surface area (Å²) in [6.07, 6.45) is 2.32. The molecule has 2 amide bonds. The second kappa shape index (κ2) is 7.59. The minimum absolute atomic E-state index is 0. The SMILES string of the molecule is CNC(=O)CCN(C)C(=O)C1(C)CCCNC1.Cl. The standard InChI is InChI=1S/C12H23N3O2.ClH/c1-12(6-4-7-14-9-12)11(17)15(3)8-5-10(16)13-2;/h14H,4-9H2,1-3H3,(H,13,16);1H. The van der Waals surface area contributed by atoms with Gasteiger partial charge < -0.3 is 15.5 Å². The van der Waals surface area contributed by atoms with E-state index < -0.39 is 0 Å². The van der Waals surface area contributed by atoms with E-state index in [1.54, 1.807) is 19.0 Å². The summed E-state index contributed by atoms with van der Waals surface area (Å²) in [6.45, 7) is 4.20. The van der Waals surface area contributed by atoms with E-state index in [2.05, 4.69) is 10.6 Å². The minimum Gasteiger partial charge on any atom is -0.359 e. The second-order valence-corrected chi connectivity index (χ2v) is 4.99. The number of amides is 2. The van der Waals surface area contributed by atoms with E-state index in [0.29, 0.717) is 13.0 Å². The smallest absolute Gasteiger partial charge is 0.229 e. The number of hydrogen-bond acceptors (Lipinski definition) is 3. The average molecular weight is 278 g/mol. The molecule has 1 heterocycles. The van der Waals surface area contributed by atoms with Gasteiger partial charge in [-0.25, -0.2) is 0 Å². The Hall–Kier alpha value is -0.810. The lowest BCUT2D eigenvalue weighted by Crippen LogP contribution is -2.49. The number of nitrogens with one attached hydrogen (secondary N) is 2. The van der Waals surface area contributed by atoms with Crippen LogP contribution in [0.4, 0.5) is 0 Å². The molecule has 0 aromatic carbocycles. The summed E-state index contributed by atoms with van der Waals surface area (Å²) >= 11 is 0. The van der Waals surface area contributed by atoms with Crippen molar-refractivity contribution >= 4 is 24.2 Å². The van der Waals surface area contributed by atoms with E-state index in [1.807, 2.05) is 6.92 Å². The third kappa shape index (κ3) is 4.46. The first-order valence-corrected chi connectivity index (χ1v) is 6.16. The predicted molar refractivity (Wildman–Crippen MR) is 73.8 cm³/mol. The van der Waals surface area contributed by atoms with Crippen molar-refractivity contribution in [3.8, 4) is 0 Å². The van der Waals surface area contributed by atoms with E-state index in [1.165, 1.54) is 0 Å². The molecular weight excluding hydrogens is 254 g/mol. The fourth-order valence-electron chi connectivity index (χ4n) is 2.20. The maximum absolute atomic E-state index is 12.3. The number of hydrogen-bond donors (Lipinski definition) is 2. The van der Waals surface area contributed by atoms with Gasteiger partial charge >= 0.3 is 0 Å². The highest BCUT2D eigenvalue weighted by molar-refractivity contribution is 5.85. The summed E-state index contributed by atoms with van der Waals surface area (Å²) < 4.78 is 0. The number of halogens is 1. The summed E-state index contributed by atoms with van der Waals surface area (Å²) in [7, 11) is 3.38. The van der Waals surface area contributed by atoms with Crippen LogP contribution in [0.1, 0.15) is 26.2 Å². The molecule has 0 saturated carbocycles. The van der Waals surface area contributed by atoms with E-state index >= 15 is 0 Å². The van der Waals surface area contributed by atoms with Crippen LogP contribution in [0, 0.1) is 5.41 Å². The van der Waals surface area contributed by atoms with Crippen molar-refractivity contribution in [3.63, 3.8) is 0 Å². The van der Waals surface area contributed by atoms with E-state index in [0.717, 1.165) is 25.9 Å². The normalized spacial score (nSPS) is 22.8. The van der Waals surface area contributed by atoms with Crippen LogP contribution in [0.2, 0.25) is 0 Å². The maximum Gasteiger partial charge on any atom is 0.229 e.